The molecule has 0 saturated heterocycles. The summed E-state index contributed by atoms with van der Waals surface area (Å²) in [6.45, 7) is 0.314. The number of rotatable bonds is 4. The molecule has 2 heterocycles. The van der Waals surface area contributed by atoms with Crippen LogP contribution in [0.15, 0.2) is 41.5 Å². The molecule has 0 bridgehead atoms. The fraction of sp³-hybridized carbons (Fsp3) is 0.0833. The Balaban J connectivity index is 1.91. The van der Waals surface area contributed by atoms with Crippen LogP contribution in [0.1, 0.15) is 15.9 Å². The summed E-state index contributed by atoms with van der Waals surface area (Å²) < 4.78 is 4.86. The van der Waals surface area contributed by atoms with Crippen molar-refractivity contribution in [2.45, 2.75) is 6.54 Å². The Morgan fingerprint density at radius 2 is 2.21 bits per heavy atom. The summed E-state index contributed by atoms with van der Waals surface area (Å²) in [7, 11) is 0. The predicted octanol–water partition coefficient (Wildman–Crippen LogP) is 1.69. The van der Waals surface area contributed by atoms with Gasteiger partial charge in [0.1, 0.15) is 0 Å². The van der Waals surface area contributed by atoms with E-state index in [1.807, 2.05) is 0 Å². The van der Waals surface area contributed by atoms with Crippen molar-refractivity contribution >= 4 is 17.7 Å². The van der Waals surface area contributed by atoms with E-state index in [0.717, 1.165) is 5.56 Å². The Morgan fingerprint density at radius 3 is 2.89 bits per heavy atom. The summed E-state index contributed by atoms with van der Waals surface area (Å²) in [5, 5.41) is 13.9. The van der Waals surface area contributed by atoms with Crippen LogP contribution in [0.4, 0.5) is 10.5 Å². The number of anilines is 1. The normalized spacial score (nSPS) is 9.89. The van der Waals surface area contributed by atoms with Gasteiger partial charge in [0.05, 0.1) is 30.0 Å². The van der Waals surface area contributed by atoms with Gasteiger partial charge in [0.15, 0.2) is 0 Å². The summed E-state index contributed by atoms with van der Waals surface area (Å²) in [5.74, 6) is -1.10. The standard InChI is InChI=1S/C12H11N3O4/c16-11(17)9-3-10(6-13-5-9)15-12(18)14-4-8-1-2-19-7-8/h1-3,5-7H,4H2,(H,16,17)(H2,14,15,18). The fourth-order valence-corrected chi connectivity index (χ4v) is 1.38. The van der Waals surface area contributed by atoms with E-state index >= 15 is 0 Å². The summed E-state index contributed by atoms with van der Waals surface area (Å²) in [5.41, 5.74) is 1.14. The number of aromatic nitrogens is 1. The van der Waals surface area contributed by atoms with Gasteiger partial charge in [-0.05, 0) is 12.1 Å². The maximum absolute atomic E-state index is 11.6. The second-order valence-electron chi connectivity index (χ2n) is 3.71. The molecule has 0 radical (unpaired) electrons. The fourth-order valence-electron chi connectivity index (χ4n) is 1.38. The Bertz CT molecular complexity index is 580. The smallest absolute Gasteiger partial charge is 0.337 e. The van der Waals surface area contributed by atoms with Crippen molar-refractivity contribution in [3.05, 3.63) is 48.2 Å². The van der Waals surface area contributed by atoms with Crippen LogP contribution in [-0.2, 0) is 6.54 Å². The molecule has 2 amide bonds. The van der Waals surface area contributed by atoms with Crippen molar-refractivity contribution in [3.8, 4) is 0 Å². The lowest BCUT2D eigenvalue weighted by molar-refractivity contribution is 0.0696. The number of carboxylic acids is 1. The number of furan rings is 1. The molecular weight excluding hydrogens is 250 g/mol. The van der Waals surface area contributed by atoms with Crippen LogP contribution < -0.4 is 10.6 Å². The zero-order chi connectivity index (χ0) is 13.7. The first-order valence-electron chi connectivity index (χ1n) is 5.39. The maximum atomic E-state index is 11.6. The number of hydrogen-bond acceptors (Lipinski definition) is 4. The minimum atomic E-state index is -1.10. The molecule has 2 rings (SSSR count). The molecule has 7 nitrogen and oxygen atoms in total. The van der Waals surface area contributed by atoms with Gasteiger partial charge in [-0.15, -0.1) is 0 Å². The average molecular weight is 261 g/mol. The molecule has 7 heteroatoms. The van der Waals surface area contributed by atoms with E-state index in [1.54, 1.807) is 6.07 Å². The summed E-state index contributed by atoms with van der Waals surface area (Å²) in [6.07, 6.45) is 5.60. The number of nitrogens with one attached hydrogen (secondary N) is 2. The highest BCUT2D eigenvalue weighted by molar-refractivity contribution is 5.92. The van der Waals surface area contributed by atoms with Crippen molar-refractivity contribution < 1.29 is 19.1 Å². The molecule has 0 atom stereocenters. The first kappa shape index (κ1) is 12.6. The lowest BCUT2D eigenvalue weighted by Crippen LogP contribution is -2.28. The molecule has 0 unspecified atom stereocenters. The molecular formula is C12H11N3O4. The Labute approximate surface area is 108 Å². The summed E-state index contributed by atoms with van der Waals surface area (Å²) >= 11 is 0. The van der Waals surface area contributed by atoms with Gasteiger partial charge in [0.25, 0.3) is 0 Å². The maximum Gasteiger partial charge on any atom is 0.337 e. The zero-order valence-corrected chi connectivity index (χ0v) is 9.79. The molecule has 0 aliphatic rings. The molecule has 2 aromatic rings. The molecule has 2 aromatic heterocycles. The number of pyridine rings is 1. The largest absolute Gasteiger partial charge is 0.478 e. The van der Waals surface area contributed by atoms with E-state index in [2.05, 4.69) is 15.6 Å². The number of carbonyl (C=O) groups is 2. The SMILES string of the molecule is O=C(NCc1ccoc1)Nc1cncc(C(=O)O)c1. The van der Waals surface area contributed by atoms with Crippen LogP contribution >= 0.6 is 0 Å². The topological polar surface area (TPSA) is 104 Å². The second-order valence-corrected chi connectivity index (χ2v) is 3.71. The van der Waals surface area contributed by atoms with E-state index in [4.69, 9.17) is 9.52 Å². The number of nitrogens with zero attached hydrogens (tertiary/aromatic N) is 1. The average Bonchev–Trinajstić information content (AvgIpc) is 2.90. The van der Waals surface area contributed by atoms with Crippen LogP contribution in [0.3, 0.4) is 0 Å². The van der Waals surface area contributed by atoms with Crippen LogP contribution in [0.5, 0.6) is 0 Å². The van der Waals surface area contributed by atoms with E-state index in [9.17, 15) is 9.59 Å². The third-order valence-corrected chi connectivity index (χ3v) is 2.28. The van der Waals surface area contributed by atoms with Gasteiger partial charge < -0.3 is 20.2 Å². The van der Waals surface area contributed by atoms with Gasteiger partial charge in [0.2, 0.25) is 0 Å². The van der Waals surface area contributed by atoms with Gasteiger partial charge in [-0.25, -0.2) is 9.59 Å². The molecule has 0 aromatic carbocycles. The lowest BCUT2D eigenvalue weighted by atomic mass is 10.2. The van der Waals surface area contributed by atoms with E-state index in [-0.39, 0.29) is 5.56 Å². The Hall–Kier alpha value is -2.83. The van der Waals surface area contributed by atoms with Gasteiger partial charge >= 0.3 is 12.0 Å². The molecule has 3 N–H and O–H groups in total. The zero-order valence-electron chi connectivity index (χ0n) is 9.79. The highest BCUT2D eigenvalue weighted by Gasteiger charge is 2.06. The number of hydrogen-bond donors (Lipinski definition) is 3. The molecule has 0 fully saturated rings. The lowest BCUT2D eigenvalue weighted by Gasteiger charge is -2.06. The quantitative estimate of drug-likeness (QED) is 0.776. The second kappa shape index (κ2) is 5.67. The molecule has 19 heavy (non-hydrogen) atoms. The van der Waals surface area contributed by atoms with Crippen LogP contribution in [0.25, 0.3) is 0 Å². The first-order valence-corrected chi connectivity index (χ1v) is 5.39. The van der Waals surface area contributed by atoms with Gasteiger partial charge in [0, 0.05) is 18.3 Å². The molecule has 0 saturated carbocycles. The van der Waals surface area contributed by atoms with E-state index < -0.39 is 12.0 Å². The number of carboxylic acid groups (broad SMARTS) is 1. The first-order chi connectivity index (χ1) is 9.15. The van der Waals surface area contributed by atoms with Crippen LogP contribution in [0, 0.1) is 0 Å². The van der Waals surface area contributed by atoms with Crippen LogP contribution in [-0.4, -0.2) is 22.1 Å². The monoisotopic (exact) mass is 261 g/mol. The summed E-state index contributed by atoms with van der Waals surface area (Å²) in [6, 6.07) is 2.60. The third kappa shape index (κ3) is 3.56. The number of amides is 2. The Kier molecular flexibility index (Phi) is 3.77. The van der Waals surface area contributed by atoms with Crippen LogP contribution in [0.2, 0.25) is 0 Å². The van der Waals surface area contributed by atoms with Crippen molar-refractivity contribution in [2.24, 2.45) is 0 Å². The Morgan fingerprint density at radius 1 is 1.37 bits per heavy atom. The van der Waals surface area contributed by atoms with Crippen molar-refractivity contribution in [3.63, 3.8) is 0 Å². The van der Waals surface area contributed by atoms with Gasteiger partial charge in [-0.2, -0.15) is 0 Å². The predicted molar refractivity (Wildman–Crippen MR) is 65.8 cm³/mol. The molecule has 0 spiro atoms. The highest BCUT2D eigenvalue weighted by Crippen LogP contribution is 2.08. The van der Waals surface area contributed by atoms with Crippen molar-refractivity contribution in [2.75, 3.05) is 5.32 Å². The third-order valence-electron chi connectivity index (χ3n) is 2.28. The highest BCUT2D eigenvalue weighted by atomic mass is 16.4. The van der Waals surface area contributed by atoms with Gasteiger partial charge in [-0.3, -0.25) is 4.98 Å². The van der Waals surface area contributed by atoms with E-state index in [1.165, 1.54) is 31.0 Å². The number of carbonyl (C=O) groups excluding carboxylic acids is 1. The van der Waals surface area contributed by atoms with Crippen molar-refractivity contribution in [1.82, 2.24) is 10.3 Å². The molecule has 98 valence electrons. The van der Waals surface area contributed by atoms with Gasteiger partial charge in [-0.1, -0.05) is 0 Å². The minimum absolute atomic E-state index is 0.00707. The number of aromatic carboxylic acids is 1. The molecule has 0 aliphatic carbocycles. The molecule has 0 aliphatic heterocycles. The minimum Gasteiger partial charge on any atom is -0.478 e. The number of urea groups is 1. The van der Waals surface area contributed by atoms with E-state index in [0.29, 0.717) is 12.2 Å². The summed E-state index contributed by atoms with van der Waals surface area (Å²) in [4.78, 5) is 26.0. The van der Waals surface area contributed by atoms with Crippen molar-refractivity contribution in [1.29, 1.82) is 0 Å².